The van der Waals surface area contributed by atoms with E-state index in [2.05, 4.69) is 6.58 Å². The molecule has 2 unspecified atom stereocenters. The highest BCUT2D eigenvalue weighted by atomic mass is 35.5. The molecule has 74 valence electrons. The average molecular weight is 206 g/mol. The second-order valence-corrected chi connectivity index (χ2v) is 3.72. The molecule has 1 fully saturated rings. The van der Waals surface area contributed by atoms with E-state index in [-0.39, 0.29) is 6.42 Å². The Hall–Kier alpha value is -0.580. The molecule has 2 atom stereocenters. The molecule has 1 rings (SSSR count). The summed E-state index contributed by atoms with van der Waals surface area (Å²) in [6.07, 6.45) is -0.309. The summed E-state index contributed by atoms with van der Waals surface area (Å²) in [5, 5.41) is 18.4. The molecule has 0 aromatic rings. The highest BCUT2D eigenvalue weighted by Gasteiger charge is 2.35. The Labute approximate surface area is 81.4 Å². The minimum Gasteiger partial charge on any atom is -0.480 e. The van der Waals surface area contributed by atoms with Crippen LogP contribution in [0, 0.1) is 0 Å². The van der Waals surface area contributed by atoms with E-state index < -0.39 is 18.1 Å². The highest BCUT2D eigenvalue weighted by molar-refractivity contribution is 6.29. The Morgan fingerprint density at radius 1 is 1.69 bits per heavy atom. The minimum atomic E-state index is -0.922. The van der Waals surface area contributed by atoms with E-state index in [9.17, 15) is 9.90 Å². The van der Waals surface area contributed by atoms with Gasteiger partial charge in [-0.2, -0.15) is 0 Å². The first-order valence-electron chi connectivity index (χ1n) is 3.99. The van der Waals surface area contributed by atoms with Crippen molar-refractivity contribution in [3.8, 4) is 0 Å². The van der Waals surface area contributed by atoms with Gasteiger partial charge < -0.3 is 10.2 Å². The highest BCUT2D eigenvalue weighted by Crippen LogP contribution is 2.19. The molecule has 0 aliphatic carbocycles. The van der Waals surface area contributed by atoms with Crippen LogP contribution in [0.4, 0.5) is 0 Å². The number of aliphatic hydroxyl groups excluding tert-OH is 1. The summed E-state index contributed by atoms with van der Waals surface area (Å²) in [5.74, 6) is -0.922. The van der Waals surface area contributed by atoms with Crippen molar-refractivity contribution in [2.75, 3.05) is 13.1 Å². The van der Waals surface area contributed by atoms with Crippen LogP contribution in [0.3, 0.4) is 0 Å². The molecule has 0 spiro atoms. The number of likely N-dealkylation sites (tertiary alicyclic amines) is 1. The summed E-state index contributed by atoms with van der Waals surface area (Å²) < 4.78 is 0. The van der Waals surface area contributed by atoms with Gasteiger partial charge in [-0.25, -0.2) is 0 Å². The molecule has 4 nitrogen and oxygen atoms in total. The van der Waals surface area contributed by atoms with Crippen molar-refractivity contribution in [2.24, 2.45) is 0 Å². The van der Waals surface area contributed by atoms with E-state index in [1.807, 2.05) is 0 Å². The smallest absolute Gasteiger partial charge is 0.321 e. The van der Waals surface area contributed by atoms with Gasteiger partial charge >= 0.3 is 5.97 Å². The predicted molar refractivity (Wildman–Crippen MR) is 48.6 cm³/mol. The largest absolute Gasteiger partial charge is 0.480 e. The van der Waals surface area contributed by atoms with E-state index in [1.54, 1.807) is 4.90 Å². The number of halogens is 1. The van der Waals surface area contributed by atoms with Gasteiger partial charge in [-0.1, -0.05) is 18.2 Å². The third-order valence-corrected chi connectivity index (χ3v) is 2.16. The first-order valence-corrected chi connectivity index (χ1v) is 4.36. The van der Waals surface area contributed by atoms with Gasteiger partial charge in [-0.3, -0.25) is 9.69 Å². The van der Waals surface area contributed by atoms with Crippen molar-refractivity contribution in [2.45, 2.75) is 18.6 Å². The second-order valence-electron chi connectivity index (χ2n) is 3.19. The van der Waals surface area contributed by atoms with Crippen LogP contribution in [0.25, 0.3) is 0 Å². The number of carboxylic acids is 1. The molecule has 2 N–H and O–H groups in total. The zero-order valence-corrected chi connectivity index (χ0v) is 7.87. The van der Waals surface area contributed by atoms with Crippen LogP contribution in [-0.4, -0.2) is 46.3 Å². The van der Waals surface area contributed by atoms with E-state index in [0.717, 1.165) is 0 Å². The van der Waals surface area contributed by atoms with E-state index >= 15 is 0 Å². The van der Waals surface area contributed by atoms with Gasteiger partial charge in [0.2, 0.25) is 0 Å². The monoisotopic (exact) mass is 205 g/mol. The number of carboxylic acid groups (broad SMARTS) is 1. The number of aliphatic carboxylic acids is 1. The zero-order chi connectivity index (χ0) is 10.0. The molecule has 0 aromatic carbocycles. The molecule has 0 bridgehead atoms. The fourth-order valence-electron chi connectivity index (χ4n) is 1.53. The maximum atomic E-state index is 10.7. The van der Waals surface area contributed by atoms with Crippen molar-refractivity contribution in [1.82, 2.24) is 4.90 Å². The third kappa shape index (κ3) is 2.69. The van der Waals surface area contributed by atoms with Gasteiger partial charge in [0.1, 0.15) is 6.04 Å². The molecule has 0 aromatic heterocycles. The molecule has 0 amide bonds. The van der Waals surface area contributed by atoms with Crippen LogP contribution >= 0.6 is 11.6 Å². The quantitative estimate of drug-likeness (QED) is 0.694. The summed E-state index contributed by atoms with van der Waals surface area (Å²) in [6.45, 7) is 4.15. The minimum absolute atomic E-state index is 0.263. The van der Waals surface area contributed by atoms with Crippen LogP contribution in [0.2, 0.25) is 0 Å². The first-order chi connectivity index (χ1) is 6.00. The lowest BCUT2D eigenvalue weighted by atomic mass is 10.2. The van der Waals surface area contributed by atoms with Gasteiger partial charge in [-0.05, 0) is 0 Å². The Balaban J connectivity index is 2.60. The molecule has 13 heavy (non-hydrogen) atoms. The van der Waals surface area contributed by atoms with Crippen molar-refractivity contribution in [1.29, 1.82) is 0 Å². The Kier molecular flexibility index (Phi) is 3.30. The predicted octanol–water partition coefficient (Wildman–Crippen LogP) is 0.259. The maximum Gasteiger partial charge on any atom is 0.321 e. The van der Waals surface area contributed by atoms with Crippen LogP contribution < -0.4 is 0 Å². The number of nitrogens with zero attached hydrogens (tertiary/aromatic N) is 1. The lowest BCUT2D eigenvalue weighted by Gasteiger charge is -2.19. The van der Waals surface area contributed by atoms with Gasteiger partial charge in [-0.15, -0.1) is 0 Å². The summed E-state index contributed by atoms with van der Waals surface area (Å²) in [7, 11) is 0. The van der Waals surface area contributed by atoms with Crippen LogP contribution in [0.1, 0.15) is 6.42 Å². The van der Waals surface area contributed by atoms with Gasteiger partial charge in [0.05, 0.1) is 6.10 Å². The summed E-state index contributed by atoms with van der Waals surface area (Å²) in [5.41, 5.74) is 0. The Bertz CT molecular complexity index is 231. The van der Waals surface area contributed by atoms with Gasteiger partial charge in [0.25, 0.3) is 0 Å². The van der Waals surface area contributed by atoms with Crippen molar-refractivity contribution < 1.29 is 15.0 Å². The maximum absolute atomic E-state index is 10.7. The summed E-state index contributed by atoms with van der Waals surface area (Å²) >= 11 is 5.56. The number of hydrogen-bond donors (Lipinski definition) is 2. The van der Waals surface area contributed by atoms with Gasteiger partial charge in [0, 0.05) is 24.5 Å². The van der Waals surface area contributed by atoms with Crippen LogP contribution in [0.5, 0.6) is 0 Å². The molecule has 5 heteroatoms. The topological polar surface area (TPSA) is 60.8 Å². The zero-order valence-electron chi connectivity index (χ0n) is 7.11. The normalized spacial score (nSPS) is 29.1. The third-order valence-electron chi connectivity index (χ3n) is 2.04. The summed E-state index contributed by atoms with van der Waals surface area (Å²) in [6, 6.07) is -0.634. The van der Waals surface area contributed by atoms with Crippen molar-refractivity contribution >= 4 is 17.6 Å². The molecule has 1 aliphatic rings. The van der Waals surface area contributed by atoms with E-state index in [1.165, 1.54) is 0 Å². The van der Waals surface area contributed by atoms with E-state index in [0.29, 0.717) is 18.1 Å². The molecule has 1 heterocycles. The SMILES string of the molecule is C=C(Cl)CN1CC(O)CC1C(=O)O. The number of aliphatic hydroxyl groups is 1. The standard InChI is InChI=1S/C8H12ClNO3/c1-5(9)3-10-4-6(11)2-7(10)8(12)13/h6-7,11H,1-4H2,(H,12,13). The van der Waals surface area contributed by atoms with Crippen LogP contribution in [-0.2, 0) is 4.79 Å². The van der Waals surface area contributed by atoms with Crippen LogP contribution in [0.15, 0.2) is 11.6 Å². The average Bonchev–Trinajstić information content (AvgIpc) is 2.29. The molecule has 0 saturated carbocycles. The fraction of sp³-hybridized carbons (Fsp3) is 0.625. The molecular weight excluding hydrogens is 194 g/mol. The second kappa shape index (κ2) is 4.09. The number of β-amino-alcohol motifs (C(OH)–C–C–N with tert-alkyl or cyclic N) is 1. The Morgan fingerprint density at radius 2 is 2.31 bits per heavy atom. The Morgan fingerprint density at radius 3 is 2.77 bits per heavy atom. The molecule has 1 saturated heterocycles. The molecular formula is C8H12ClNO3. The fourth-order valence-corrected chi connectivity index (χ4v) is 1.68. The number of carbonyl (C=O) groups is 1. The van der Waals surface area contributed by atoms with E-state index in [4.69, 9.17) is 16.7 Å². The number of rotatable bonds is 3. The number of hydrogen-bond acceptors (Lipinski definition) is 3. The lowest BCUT2D eigenvalue weighted by Crippen LogP contribution is -2.36. The van der Waals surface area contributed by atoms with Crippen molar-refractivity contribution in [3.05, 3.63) is 11.6 Å². The molecule has 1 aliphatic heterocycles. The lowest BCUT2D eigenvalue weighted by molar-refractivity contribution is -0.142. The van der Waals surface area contributed by atoms with Crippen molar-refractivity contribution in [3.63, 3.8) is 0 Å². The first kappa shape index (κ1) is 10.5. The van der Waals surface area contributed by atoms with Gasteiger partial charge in [0.15, 0.2) is 0 Å². The molecule has 0 radical (unpaired) electrons. The summed E-state index contributed by atoms with van der Waals surface area (Å²) in [4.78, 5) is 12.3.